The number of nitrogens with two attached hydrogens (primary N) is 1. The van der Waals surface area contributed by atoms with Gasteiger partial charge in [-0.05, 0) is 0 Å². The second kappa shape index (κ2) is 4.34. The van der Waals surface area contributed by atoms with Gasteiger partial charge >= 0.3 is 0 Å². The van der Waals surface area contributed by atoms with E-state index in [1.165, 1.54) is 12.7 Å². The summed E-state index contributed by atoms with van der Waals surface area (Å²) in [6.45, 7) is 0.240. The maximum Gasteiger partial charge on any atom is 0.167 e. The van der Waals surface area contributed by atoms with Gasteiger partial charge in [0, 0.05) is 6.42 Å². The molecule has 9 nitrogen and oxygen atoms in total. The summed E-state index contributed by atoms with van der Waals surface area (Å²) in [6.07, 6.45) is 1.14. The summed E-state index contributed by atoms with van der Waals surface area (Å²) < 4.78 is 13.0. The number of nitrogens with zero attached hydrogens (tertiary/aromatic N) is 4. The highest BCUT2D eigenvalue weighted by atomic mass is 16.6. The van der Waals surface area contributed by atoms with Crippen molar-refractivity contribution in [1.29, 1.82) is 0 Å². The fraction of sp³-hybridized carbons (Fsp3) is 0.583. The first-order valence-electron chi connectivity index (χ1n) is 6.68. The lowest BCUT2D eigenvalue weighted by atomic mass is 9.95. The number of ether oxygens (including phenoxy) is 2. The third kappa shape index (κ3) is 1.62. The molecule has 0 aromatic carbocycles. The highest BCUT2D eigenvalue weighted by molar-refractivity contribution is 5.81. The zero-order valence-corrected chi connectivity index (χ0v) is 11.1. The van der Waals surface area contributed by atoms with Crippen molar-refractivity contribution in [2.45, 2.75) is 30.5 Å². The van der Waals surface area contributed by atoms with Crippen LogP contribution in [0.25, 0.3) is 11.2 Å². The molecule has 0 saturated carbocycles. The number of fused-ring (bicyclic) bond motifs is 2. The molecule has 4 N–H and O–H groups in total. The Bertz CT molecular complexity index is 691. The zero-order valence-electron chi connectivity index (χ0n) is 11.1. The van der Waals surface area contributed by atoms with Crippen LogP contribution in [-0.4, -0.2) is 60.8 Å². The maximum absolute atomic E-state index is 10.5. The second-order valence-electron chi connectivity index (χ2n) is 5.35. The van der Waals surface area contributed by atoms with E-state index in [0.29, 0.717) is 24.2 Å². The van der Waals surface area contributed by atoms with Gasteiger partial charge in [-0.25, -0.2) is 15.0 Å². The Morgan fingerprint density at radius 3 is 3.05 bits per heavy atom. The molecule has 0 aliphatic carbocycles. The zero-order chi connectivity index (χ0) is 14.6. The molecule has 0 radical (unpaired) electrons. The van der Waals surface area contributed by atoms with Crippen molar-refractivity contribution in [3.8, 4) is 0 Å². The summed E-state index contributed by atoms with van der Waals surface area (Å²) in [4.78, 5) is 12.2. The van der Waals surface area contributed by atoms with E-state index in [9.17, 15) is 10.2 Å². The number of hydrogen-bond acceptors (Lipinski definition) is 8. The molecular formula is C12H15N5O4. The number of nitrogen functional groups attached to an aromatic ring is 1. The largest absolute Gasteiger partial charge is 0.393 e. The molecule has 2 saturated heterocycles. The summed E-state index contributed by atoms with van der Waals surface area (Å²) in [5.41, 5.74) is 5.80. The average Bonchev–Trinajstić information content (AvgIpc) is 3.14. The molecule has 2 fully saturated rings. The van der Waals surface area contributed by atoms with Gasteiger partial charge in [0.25, 0.3) is 0 Å². The van der Waals surface area contributed by atoms with Crippen molar-refractivity contribution < 1.29 is 19.7 Å². The van der Waals surface area contributed by atoms with E-state index < -0.39 is 24.0 Å². The Morgan fingerprint density at radius 2 is 2.29 bits per heavy atom. The number of anilines is 1. The van der Waals surface area contributed by atoms with Crippen molar-refractivity contribution in [3.05, 3.63) is 12.7 Å². The van der Waals surface area contributed by atoms with Gasteiger partial charge in [-0.15, -0.1) is 0 Å². The Morgan fingerprint density at radius 1 is 1.43 bits per heavy atom. The van der Waals surface area contributed by atoms with Gasteiger partial charge in [-0.3, -0.25) is 4.57 Å². The van der Waals surface area contributed by atoms with Crippen LogP contribution in [0.4, 0.5) is 5.82 Å². The lowest BCUT2D eigenvalue weighted by Crippen LogP contribution is -2.42. The SMILES string of the molecule is Nc1ncnc2c1ncn2[C@@H]1O[C@@]2(CO)CCO[C@H]2[C@H]1O. The number of rotatable bonds is 2. The molecule has 2 aromatic rings. The van der Waals surface area contributed by atoms with Crippen LogP contribution in [0.3, 0.4) is 0 Å². The molecule has 0 bridgehead atoms. The maximum atomic E-state index is 10.5. The average molecular weight is 293 g/mol. The van der Waals surface area contributed by atoms with E-state index in [2.05, 4.69) is 15.0 Å². The molecule has 2 aliphatic heterocycles. The number of aliphatic hydroxyl groups is 2. The minimum atomic E-state index is -0.923. The molecule has 2 aromatic heterocycles. The number of imidazole rings is 1. The molecular weight excluding hydrogens is 278 g/mol. The van der Waals surface area contributed by atoms with E-state index in [1.807, 2.05) is 0 Å². The van der Waals surface area contributed by atoms with E-state index in [-0.39, 0.29) is 12.4 Å². The van der Waals surface area contributed by atoms with Crippen LogP contribution in [-0.2, 0) is 9.47 Å². The normalized spacial score (nSPS) is 35.4. The minimum absolute atomic E-state index is 0.213. The smallest absolute Gasteiger partial charge is 0.167 e. The van der Waals surface area contributed by atoms with Crippen LogP contribution >= 0.6 is 0 Å². The minimum Gasteiger partial charge on any atom is -0.393 e. The summed E-state index contributed by atoms with van der Waals surface area (Å²) >= 11 is 0. The third-order valence-electron chi connectivity index (χ3n) is 4.23. The molecule has 0 unspecified atom stereocenters. The molecule has 0 spiro atoms. The molecule has 4 rings (SSSR count). The summed E-state index contributed by atoms with van der Waals surface area (Å²) in [5.74, 6) is 0.263. The van der Waals surface area contributed by atoms with Crippen LogP contribution in [0.1, 0.15) is 12.6 Å². The third-order valence-corrected chi connectivity index (χ3v) is 4.23. The quantitative estimate of drug-likeness (QED) is 0.631. The van der Waals surface area contributed by atoms with Gasteiger partial charge in [0.1, 0.15) is 29.7 Å². The monoisotopic (exact) mass is 293 g/mol. The Kier molecular flexibility index (Phi) is 2.67. The second-order valence-corrected chi connectivity index (χ2v) is 5.35. The summed E-state index contributed by atoms with van der Waals surface area (Å²) in [6, 6.07) is 0. The number of aliphatic hydroxyl groups excluding tert-OH is 2. The fourth-order valence-corrected chi connectivity index (χ4v) is 3.13. The van der Waals surface area contributed by atoms with Crippen LogP contribution in [0.2, 0.25) is 0 Å². The van der Waals surface area contributed by atoms with E-state index in [4.69, 9.17) is 15.2 Å². The van der Waals surface area contributed by atoms with Crippen molar-refractivity contribution in [3.63, 3.8) is 0 Å². The highest BCUT2D eigenvalue weighted by Gasteiger charge is 2.59. The van der Waals surface area contributed by atoms with Crippen LogP contribution in [0.15, 0.2) is 12.7 Å². The van der Waals surface area contributed by atoms with Crippen LogP contribution < -0.4 is 5.73 Å². The van der Waals surface area contributed by atoms with Gasteiger partial charge in [0.05, 0.1) is 19.5 Å². The topological polar surface area (TPSA) is 129 Å². The number of aromatic nitrogens is 4. The summed E-state index contributed by atoms with van der Waals surface area (Å²) in [7, 11) is 0. The van der Waals surface area contributed by atoms with Crippen LogP contribution in [0.5, 0.6) is 0 Å². The molecule has 112 valence electrons. The Balaban J connectivity index is 1.78. The van der Waals surface area contributed by atoms with Gasteiger partial charge < -0.3 is 25.4 Å². The molecule has 4 atom stereocenters. The van der Waals surface area contributed by atoms with E-state index in [1.54, 1.807) is 4.57 Å². The highest BCUT2D eigenvalue weighted by Crippen LogP contribution is 2.45. The van der Waals surface area contributed by atoms with Gasteiger partial charge in [0.2, 0.25) is 0 Å². The Hall–Kier alpha value is -1.81. The van der Waals surface area contributed by atoms with Crippen LogP contribution in [0, 0.1) is 0 Å². The van der Waals surface area contributed by atoms with Crippen molar-refractivity contribution in [2.24, 2.45) is 0 Å². The number of hydrogen-bond donors (Lipinski definition) is 3. The van der Waals surface area contributed by atoms with E-state index >= 15 is 0 Å². The molecule has 4 heterocycles. The first-order chi connectivity index (χ1) is 10.2. The Labute approximate surface area is 119 Å². The first kappa shape index (κ1) is 12.9. The first-order valence-corrected chi connectivity index (χ1v) is 6.68. The molecule has 0 amide bonds. The molecule has 21 heavy (non-hydrogen) atoms. The van der Waals surface area contributed by atoms with Gasteiger partial charge in [-0.2, -0.15) is 0 Å². The van der Waals surface area contributed by atoms with Gasteiger partial charge in [0.15, 0.2) is 17.7 Å². The predicted molar refractivity (Wildman–Crippen MR) is 70.0 cm³/mol. The lowest BCUT2D eigenvalue weighted by Gasteiger charge is -2.24. The van der Waals surface area contributed by atoms with Crippen molar-refractivity contribution >= 4 is 17.0 Å². The van der Waals surface area contributed by atoms with Gasteiger partial charge in [-0.1, -0.05) is 0 Å². The summed E-state index contributed by atoms with van der Waals surface area (Å²) in [5, 5.41) is 20.1. The standard InChI is InChI=1S/C12H15N5O4/c13-9-6-10(15-4-14-9)17(5-16-6)11-7(19)8-12(3-18,21-11)1-2-20-8/h4-5,7-8,11,18-19H,1-3H2,(H2,13,14,15)/t7-,8+,11-,12-/m1/s1. The predicted octanol–water partition coefficient (Wildman–Crippen LogP) is -1.18. The molecule has 2 aliphatic rings. The van der Waals surface area contributed by atoms with Crippen molar-refractivity contribution in [1.82, 2.24) is 19.5 Å². The molecule has 9 heteroatoms. The van der Waals surface area contributed by atoms with Crippen molar-refractivity contribution in [2.75, 3.05) is 18.9 Å². The fourth-order valence-electron chi connectivity index (χ4n) is 3.13. The van der Waals surface area contributed by atoms with E-state index in [0.717, 1.165) is 0 Å². The lowest BCUT2D eigenvalue weighted by molar-refractivity contribution is -0.108.